The quantitative estimate of drug-likeness (QED) is 0.685. The molecule has 106 valence electrons. The topological polar surface area (TPSA) is 18.5 Å². The Bertz CT molecular complexity index is 506. The summed E-state index contributed by atoms with van der Waals surface area (Å²) in [5, 5.41) is 0. The van der Waals surface area contributed by atoms with Crippen LogP contribution in [0.25, 0.3) is 11.1 Å². The summed E-state index contributed by atoms with van der Waals surface area (Å²) >= 11 is 3.45. The van der Waals surface area contributed by atoms with Gasteiger partial charge in [0.1, 0.15) is 0 Å². The van der Waals surface area contributed by atoms with Crippen molar-refractivity contribution in [3.63, 3.8) is 0 Å². The second kappa shape index (κ2) is 8.20. The monoisotopic (exact) mass is 334 g/mol. The van der Waals surface area contributed by atoms with E-state index in [-0.39, 0.29) is 0 Å². The van der Waals surface area contributed by atoms with E-state index in [2.05, 4.69) is 64.5 Å². The van der Waals surface area contributed by atoms with Gasteiger partial charge in [0, 0.05) is 11.1 Å². The zero-order chi connectivity index (χ0) is 14.2. The first kappa shape index (κ1) is 15.2. The molecule has 0 amide bonds. The lowest BCUT2D eigenvalue weighted by atomic mass is 10.0. The number of hydrogen-bond acceptors (Lipinski definition) is 2. The van der Waals surface area contributed by atoms with E-state index in [1.54, 1.807) is 0 Å². The molecule has 2 nitrogen and oxygen atoms in total. The fourth-order valence-electron chi connectivity index (χ4n) is 1.89. The van der Waals surface area contributed by atoms with Gasteiger partial charge in [-0.2, -0.15) is 0 Å². The van der Waals surface area contributed by atoms with E-state index in [4.69, 9.17) is 9.47 Å². The summed E-state index contributed by atoms with van der Waals surface area (Å²) in [6, 6.07) is 16.8. The fourth-order valence-corrected chi connectivity index (χ4v) is 2.15. The van der Waals surface area contributed by atoms with Gasteiger partial charge in [-0.1, -0.05) is 52.3 Å². The van der Waals surface area contributed by atoms with Crippen LogP contribution in [-0.2, 0) is 16.1 Å². The first-order valence-electron chi connectivity index (χ1n) is 6.80. The maximum atomic E-state index is 5.55. The van der Waals surface area contributed by atoms with Crippen LogP contribution in [0.4, 0.5) is 0 Å². The number of rotatable bonds is 7. The summed E-state index contributed by atoms with van der Waals surface area (Å²) in [5.41, 5.74) is 3.62. The Morgan fingerprint density at radius 2 is 1.35 bits per heavy atom. The van der Waals surface area contributed by atoms with E-state index in [1.165, 1.54) is 16.7 Å². The van der Waals surface area contributed by atoms with E-state index >= 15 is 0 Å². The Morgan fingerprint density at radius 1 is 0.800 bits per heavy atom. The van der Waals surface area contributed by atoms with Gasteiger partial charge in [-0.05, 0) is 35.7 Å². The van der Waals surface area contributed by atoms with Gasteiger partial charge in [0.2, 0.25) is 0 Å². The number of hydrogen-bond donors (Lipinski definition) is 0. The van der Waals surface area contributed by atoms with E-state index in [1.807, 2.05) is 6.92 Å². The van der Waals surface area contributed by atoms with Gasteiger partial charge in [0.25, 0.3) is 0 Å². The SMILES string of the molecule is CCOCCOCc1ccc(-c2ccc(Br)cc2)cc1. The third-order valence-electron chi connectivity index (χ3n) is 2.98. The summed E-state index contributed by atoms with van der Waals surface area (Å²) in [4.78, 5) is 0. The third kappa shape index (κ3) is 4.75. The fraction of sp³-hybridized carbons (Fsp3) is 0.294. The average molecular weight is 335 g/mol. The second-order valence-corrected chi connectivity index (χ2v) is 5.37. The molecule has 0 bridgehead atoms. The Labute approximate surface area is 128 Å². The highest BCUT2D eigenvalue weighted by molar-refractivity contribution is 9.10. The van der Waals surface area contributed by atoms with Crippen molar-refractivity contribution in [3.8, 4) is 11.1 Å². The molecular formula is C17H19BrO2. The molecule has 0 radical (unpaired) electrons. The summed E-state index contributed by atoms with van der Waals surface area (Å²) in [5.74, 6) is 0. The molecule has 0 aliphatic heterocycles. The highest BCUT2D eigenvalue weighted by atomic mass is 79.9. The largest absolute Gasteiger partial charge is 0.379 e. The predicted octanol–water partition coefficient (Wildman–Crippen LogP) is 4.67. The molecule has 2 aromatic carbocycles. The van der Waals surface area contributed by atoms with Crippen molar-refractivity contribution in [2.45, 2.75) is 13.5 Å². The molecule has 0 unspecified atom stereocenters. The molecule has 2 aromatic rings. The molecule has 0 atom stereocenters. The standard InChI is InChI=1S/C17H19BrO2/c1-2-19-11-12-20-13-14-3-5-15(6-4-14)16-7-9-17(18)10-8-16/h3-10H,2,11-13H2,1H3. The lowest BCUT2D eigenvalue weighted by Crippen LogP contribution is -2.03. The van der Waals surface area contributed by atoms with E-state index in [9.17, 15) is 0 Å². The number of halogens is 1. The van der Waals surface area contributed by atoms with Crippen LogP contribution >= 0.6 is 15.9 Å². The van der Waals surface area contributed by atoms with Crippen LogP contribution in [0.15, 0.2) is 53.0 Å². The summed E-state index contributed by atoms with van der Waals surface area (Å²) in [7, 11) is 0. The molecule has 0 aliphatic rings. The molecular weight excluding hydrogens is 316 g/mol. The minimum absolute atomic E-state index is 0.633. The molecule has 20 heavy (non-hydrogen) atoms. The molecule has 0 saturated heterocycles. The summed E-state index contributed by atoms with van der Waals surface area (Å²) in [6.07, 6.45) is 0. The molecule has 0 aliphatic carbocycles. The molecule has 0 heterocycles. The van der Waals surface area contributed by atoms with E-state index in [0.717, 1.165) is 11.1 Å². The molecule has 3 heteroatoms. The minimum Gasteiger partial charge on any atom is -0.379 e. The zero-order valence-corrected chi connectivity index (χ0v) is 13.2. The van der Waals surface area contributed by atoms with Crippen molar-refractivity contribution in [2.24, 2.45) is 0 Å². The van der Waals surface area contributed by atoms with Crippen molar-refractivity contribution < 1.29 is 9.47 Å². The van der Waals surface area contributed by atoms with Crippen molar-refractivity contribution >= 4 is 15.9 Å². The van der Waals surface area contributed by atoms with E-state index in [0.29, 0.717) is 19.8 Å². The molecule has 0 aromatic heterocycles. The molecule has 0 saturated carbocycles. The van der Waals surface area contributed by atoms with Gasteiger partial charge in [-0.3, -0.25) is 0 Å². The van der Waals surface area contributed by atoms with Gasteiger partial charge < -0.3 is 9.47 Å². The lowest BCUT2D eigenvalue weighted by Gasteiger charge is -2.06. The summed E-state index contributed by atoms with van der Waals surface area (Å²) in [6.45, 7) is 4.66. The van der Waals surface area contributed by atoms with Gasteiger partial charge >= 0.3 is 0 Å². The highest BCUT2D eigenvalue weighted by Gasteiger charge is 1.99. The second-order valence-electron chi connectivity index (χ2n) is 4.45. The predicted molar refractivity (Wildman–Crippen MR) is 85.7 cm³/mol. The van der Waals surface area contributed by atoms with Crippen LogP contribution in [0.1, 0.15) is 12.5 Å². The Morgan fingerprint density at radius 3 is 1.95 bits per heavy atom. The maximum Gasteiger partial charge on any atom is 0.0718 e. The number of ether oxygens (including phenoxy) is 2. The lowest BCUT2D eigenvalue weighted by molar-refractivity contribution is 0.0453. The van der Waals surface area contributed by atoms with Gasteiger partial charge in [0.05, 0.1) is 19.8 Å². The van der Waals surface area contributed by atoms with Crippen LogP contribution in [0, 0.1) is 0 Å². The minimum atomic E-state index is 0.633. The molecule has 0 N–H and O–H groups in total. The highest BCUT2D eigenvalue weighted by Crippen LogP contribution is 2.22. The average Bonchev–Trinajstić information content (AvgIpc) is 2.49. The van der Waals surface area contributed by atoms with Gasteiger partial charge in [-0.15, -0.1) is 0 Å². The van der Waals surface area contributed by atoms with Crippen LogP contribution in [0.2, 0.25) is 0 Å². The Kier molecular flexibility index (Phi) is 6.25. The van der Waals surface area contributed by atoms with Crippen LogP contribution in [0.3, 0.4) is 0 Å². The molecule has 0 spiro atoms. The van der Waals surface area contributed by atoms with Crippen molar-refractivity contribution in [1.29, 1.82) is 0 Å². The number of benzene rings is 2. The van der Waals surface area contributed by atoms with Gasteiger partial charge in [0.15, 0.2) is 0 Å². The smallest absolute Gasteiger partial charge is 0.0718 e. The van der Waals surface area contributed by atoms with Crippen molar-refractivity contribution in [1.82, 2.24) is 0 Å². The van der Waals surface area contributed by atoms with Crippen molar-refractivity contribution in [3.05, 3.63) is 58.6 Å². The first-order valence-corrected chi connectivity index (χ1v) is 7.59. The van der Waals surface area contributed by atoms with E-state index < -0.39 is 0 Å². The molecule has 0 fully saturated rings. The normalized spacial score (nSPS) is 10.7. The first-order chi connectivity index (χ1) is 9.79. The third-order valence-corrected chi connectivity index (χ3v) is 3.51. The molecule has 2 rings (SSSR count). The van der Waals surface area contributed by atoms with Crippen LogP contribution < -0.4 is 0 Å². The van der Waals surface area contributed by atoms with Crippen molar-refractivity contribution in [2.75, 3.05) is 19.8 Å². The Balaban J connectivity index is 1.88. The van der Waals surface area contributed by atoms with Gasteiger partial charge in [-0.25, -0.2) is 0 Å². The Hall–Kier alpha value is -1.16. The van der Waals surface area contributed by atoms with Crippen LogP contribution in [-0.4, -0.2) is 19.8 Å². The summed E-state index contributed by atoms with van der Waals surface area (Å²) < 4.78 is 11.9. The van der Waals surface area contributed by atoms with Crippen LogP contribution in [0.5, 0.6) is 0 Å². The zero-order valence-electron chi connectivity index (χ0n) is 11.6. The maximum absolute atomic E-state index is 5.55.